The van der Waals surface area contributed by atoms with Gasteiger partial charge in [-0.05, 0) is 37.5 Å². The Labute approximate surface area is 118 Å². The summed E-state index contributed by atoms with van der Waals surface area (Å²) in [6.07, 6.45) is 2.78. The van der Waals surface area contributed by atoms with Crippen molar-refractivity contribution < 1.29 is 14.3 Å². The SMILES string of the molecule is CC(NCCC(=O)NC1CC1)c1ccc2c(c1)OCO2. The third kappa shape index (κ3) is 3.22. The zero-order chi connectivity index (χ0) is 13.9. The van der Waals surface area contributed by atoms with Crippen molar-refractivity contribution >= 4 is 5.91 Å². The molecule has 1 amide bonds. The third-order valence-corrected chi connectivity index (χ3v) is 3.64. The molecule has 0 saturated heterocycles. The molecule has 1 atom stereocenters. The fraction of sp³-hybridized carbons (Fsp3) is 0.533. The number of fused-ring (bicyclic) bond motifs is 1. The van der Waals surface area contributed by atoms with E-state index in [9.17, 15) is 4.79 Å². The first-order valence-electron chi connectivity index (χ1n) is 7.14. The maximum atomic E-state index is 11.6. The van der Waals surface area contributed by atoms with Gasteiger partial charge in [-0.3, -0.25) is 4.79 Å². The van der Waals surface area contributed by atoms with Crippen LogP contribution in [-0.4, -0.2) is 25.3 Å². The topological polar surface area (TPSA) is 59.6 Å². The summed E-state index contributed by atoms with van der Waals surface area (Å²) >= 11 is 0. The van der Waals surface area contributed by atoms with E-state index < -0.39 is 0 Å². The molecule has 0 radical (unpaired) electrons. The summed E-state index contributed by atoms with van der Waals surface area (Å²) in [5.74, 6) is 1.73. The van der Waals surface area contributed by atoms with Gasteiger partial charge in [-0.15, -0.1) is 0 Å². The highest BCUT2D eigenvalue weighted by atomic mass is 16.7. The lowest BCUT2D eigenvalue weighted by atomic mass is 10.1. The minimum Gasteiger partial charge on any atom is -0.454 e. The number of hydrogen-bond acceptors (Lipinski definition) is 4. The molecule has 2 aliphatic rings. The van der Waals surface area contributed by atoms with Gasteiger partial charge in [0.05, 0.1) is 0 Å². The van der Waals surface area contributed by atoms with E-state index in [1.54, 1.807) is 0 Å². The molecule has 5 heteroatoms. The summed E-state index contributed by atoms with van der Waals surface area (Å²) in [4.78, 5) is 11.6. The Morgan fingerprint density at radius 2 is 2.15 bits per heavy atom. The Kier molecular flexibility index (Phi) is 3.78. The van der Waals surface area contributed by atoms with Crippen molar-refractivity contribution in [2.24, 2.45) is 0 Å². The Bertz CT molecular complexity index is 500. The normalized spacial score (nSPS) is 17.9. The molecular formula is C15H20N2O3. The second-order valence-corrected chi connectivity index (χ2v) is 5.38. The molecule has 20 heavy (non-hydrogen) atoms. The van der Waals surface area contributed by atoms with E-state index >= 15 is 0 Å². The summed E-state index contributed by atoms with van der Waals surface area (Å²) in [6.45, 7) is 3.05. The van der Waals surface area contributed by atoms with Crippen molar-refractivity contribution in [3.63, 3.8) is 0 Å². The monoisotopic (exact) mass is 276 g/mol. The van der Waals surface area contributed by atoms with Gasteiger partial charge in [-0.1, -0.05) is 6.07 Å². The molecule has 1 aliphatic carbocycles. The maximum absolute atomic E-state index is 11.6. The number of amides is 1. The number of benzene rings is 1. The Balaban J connectivity index is 1.46. The zero-order valence-electron chi connectivity index (χ0n) is 11.6. The highest BCUT2D eigenvalue weighted by Gasteiger charge is 2.23. The molecule has 5 nitrogen and oxygen atoms in total. The van der Waals surface area contributed by atoms with E-state index in [2.05, 4.69) is 17.6 Å². The lowest BCUT2D eigenvalue weighted by Gasteiger charge is -2.14. The van der Waals surface area contributed by atoms with Crippen LogP contribution in [0.25, 0.3) is 0 Å². The third-order valence-electron chi connectivity index (χ3n) is 3.64. The van der Waals surface area contributed by atoms with Gasteiger partial charge in [0.15, 0.2) is 11.5 Å². The largest absolute Gasteiger partial charge is 0.454 e. The van der Waals surface area contributed by atoms with Crippen LogP contribution in [0.2, 0.25) is 0 Å². The van der Waals surface area contributed by atoms with Crippen LogP contribution in [-0.2, 0) is 4.79 Å². The fourth-order valence-electron chi connectivity index (χ4n) is 2.23. The molecule has 1 unspecified atom stereocenters. The van der Waals surface area contributed by atoms with Gasteiger partial charge in [-0.2, -0.15) is 0 Å². The van der Waals surface area contributed by atoms with Crippen LogP contribution < -0.4 is 20.1 Å². The van der Waals surface area contributed by atoms with E-state index in [1.807, 2.05) is 18.2 Å². The summed E-state index contributed by atoms with van der Waals surface area (Å²) in [5.41, 5.74) is 1.14. The molecule has 1 aromatic rings. The minimum absolute atomic E-state index is 0.137. The molecular weight excluding hydrogens is 256 g/mol. The first-order valence-corrected chi connectivity index (χ1v) is 7.14. The number of carbonyl (C=O) groups excluding carboxylic acids is 1. The smallest absolute Gasteiger partial charge is 0.231 e. The Morgan fingerprint density at radius 3 is 2.95 bits per heavy atom. The van der Waals surface area contributed by atoms with Gasteiger partial charge in [0.1, 0.15) is 0 Å². The van der Waals surface area contributed by atoms with Gasteiger partial charge >= 0.3 is 0 Å². The zero-order valence-corrected chi connectivity index (χ0v) is 11.6. The standard InChI is InChI=1S/C15H20N2O3/c1-10(16-7-6-15(18)17-12-3-4-12)11-2-5-13-14(8-11)20-9-19-13/h2,5,8,10,12,16H,3-4,6-7,9H2,1H3,(H,17,18). The highest BCUT2D eigenvalue weighted by molar-refractivity contribution is 5.76. The van der Waals surface area contributed by atoms with Crippen LogP contribution in [0.3, 0.4) is 0 Å². The molecule has 1 saturated carbocycles. The van der Waals surface area contributed by atoms with Crippen molar-refractivity contribution in [2.75, 3.05) is 13.3 Å². The molecule has 2 N–H and O–H groups in total. The van der Waals surface area contributed by atoms with Gasteiger partial charge in [-0.25, -0.2) is 0 Å². The van der Waals surface area contributed by atoms with Crippen LogP contribution >= 0.6 is 0 Å². The number of rotatable bonds is 6. The second-order valence-electron chi connectivity index (χ2n) is 5.38. The van der Waals surface area contributed by atoms with Crippen molar-refractivity contribution in [3.05, 3.63) is 23.8 Å². The van der Waals surface area contributed by atoms with Gasteiger partial charge in [0.25, 0.3) is 0 Å². The van der Waals surface area contributed by atoms with E-state index in [-0.39, 0.29) is 11.9 Å². The molecule has 1 heterocycles. The second kappa shape index (κ2) is 5.71. The van der Waals surface area contributed by atoms with E-state index in [0.717, 1.165) is 29.9 Å². The first-order chi connectivity index (χ1) is 9.72. The summed E-state index contributed by atoms with van der Waals surface area (Å²) in [5, 5.41) is 6.34. The van der Waals surface area contributed by atoms with Crippen LogP contribution in [0, 0.1) is 0 Å². The summed E-state index contributed by atoms with van der Waals surface area (Å²) in [6, 6.07) is 6.56. The van der Waals surface area contributed by atoms with Crippen molar-refractivity contribution in [3.8, 4) is 11.5 Å². The summed E-state index contributed by atoms with van der Waals surface area (Å²) in [7, 11) is 0. The lowest BCUT2D eigenvalue weighted by molar-refractivity contribution is -0.121. The van der Waals surface area contributed by atoms with Gasteiger partial charge in [0.2, 0.25) is 12.7 Å². The molecule has 0 spiro atoms. The van der Waals surface area contributed by atoms with Crippen LogP contribution in [0.4, 0.5) is 0 Å². The Morgan fingerprint density at radius 1 is 1.35 bits per heavy atom. The van der Waals surface area contributed by atoms with Crippen molar-refractivity contribution in [1.82, 2.24) is 10.6 Å². The Hall–Kier alpha value is -1.75. The molecule has 1 fully saturated rings. The predicted molar refractivity (Wildman–Crippen MR) is 74.8 cm³/mol. The predicted octanol–water partition coefficient (Wildman–Crippen LogP) is 1.73. The molecule has 108 valence electrons. The van der Waals surface area contributed by atoms with Crippen molar-refractivity contribution in [1.29, 1.82) is 0 Å². The fourth-order valence-corrected chi connectivity index (χ4v) is 2.23. The number of hydrogen-bond donors (Lipinski definition) is 2. The van der Waals surface area contributed by atoms with E-state index in [0.29, 0.717) is 25.8 Å². The quantitative estimate of drug-likeness (QED) is 0.831. The average Bonchev–Trinajstić information content (AvgIpc) is 3.12. The number of carbonyl (C=O) groups is 1. The van der Waals surface area contributed by atoms with Crippen LogP contribution in [0.5, 0.6) is 11.5 Å². The minimum atomic E-state index is 0.137. The maximum Gasteiger partial charge on any atom is 0.231 e. The average molecular weight is 276 g/mol. The molecule has 3 rings (SSSR count). The molecule has 0 aromatic heterocycles. The molecule has 1 aliphatic heterocycles. The van der Waals surface area contributed by atoms with Crippen molar-refractivity contribution in [2.45, 2.75) is 38.3 Å². The lowest BCUT2D eigenvalue weighted by Crippen LogP contribution is -2.30. The summed E-state index contributed by atoms with van der Waals surface area (Å²) < 4.78 is 10.7. The van der Waals surface area contributed by atoms with E-state index in [4.69, 9.17) is 9.47 Å². The number of nitrogens with one attached hydrogen (secondary N) is 2. The van der Waals surface area contributed by atoms with E-state index in [1.165, 1.54) is 0 Å². The van der Waals surface area contributed by atoms with Gasteiger partial charge in [0, 0.05) is 25.0 Å². The van der Waals surface area contributed by atoms with Crippen LogP contribution in [0.1, 0.15) is 37.8 Å². The highest BCUT2D eigenvalue weighted by Crippen LogP contribution is 2.34. The number of ether oxygens (including phenoxy) is 2. The molecule has 1 aromatic carbocycles. The van der Waals surface area contributed by atoms with Gasteiger partial charge < -0.3 is 20.1 Å². The first kappa shape index (κ1) is 13.2. The molecule has 0 bridgehead atoms. The van der Waals surface area contributed by atoms with Crippen LogP contribution in [0.15, 0.2) is 18.2 Å².